The van der Waals surface area contributed by atoms with Crippen LogP contribution < -0.4 is 5.32 Å². The second-order valence-electron chi connectivity index (χ2n) is 6.06. The molecule has 0 aromatic heterocycles. The van der Waals surface area contributed by atoms with Gasteiger partial charge in [-0.25, -0.2) is 0 Å². The maximum atomic E-state index is 12.5. The molecule has 0 spiro atoms. The number of halogens is 1. The van der Waals surface area contributed by atoms with Gasteiger partial charge in [-0.3, -0.25) is 9.59 Å². The Labute approximate surface area is 161 Å². The fraction of sp³-hybridized carbons (Fsp3) is 0.263. The first-order chi connectivity index (χ1) is 12.0. The summed E-state index contributed by atoms with van der Waals surface area (Å²) in [6.07, 6.45) is 1.51. The van der Waals surface area contributed by atoms with Gasteiger partial charge in [0.2, 0.25) is 0 Å². The molecular weight excluding hydrogens is 400 g/mol. The second-order valence-corrected chi connectivity index (χ2v) is 7.46. The van der Waals surface area contributed by atoms with Crippen molar-refractivity contribution in [3.63, 3.8) is 0 Å². The van der Waals surface area contributed by atoms with Gasteiger partial charge in [0, 0.05) is 34.1 Å². The number of carbonyl (C=O) groups is 2. The van der Waals surface area contributed by atoms with Crippen LogP contribution in [0.25, 0.3) is 0 Å². The zero-order chi connectivity index (χ0) is 17.8. The normalized spacial score (nSPS) is 15.0. The molecule has 2 aromatic rings. The number of thiol groups is 1. The fourth-order valence-electron chi connectivity index (χ4n) is 2.93. The second kappa shape index (κ2) is 8.06. The highest BCUT2D eigenvalue weighted by atomic mass is 79.9. The lowest BCUT2D eigenvalue weighted by molar-refractivity contribution is 0.0698. The first-order valence-corrected chi connectivity index (χ1v) is 9.42. The highest BCUT2D eigenvalue weighted by molar-refractivity contribution is 9.10. The van der Waals surface area contributed by atoms with Crippen molar-refractivity contribution in [2.24, 2.45) is 0 Å². The van der Waals surface area contributed by atoms with Gasteiger partial charge < -0.3 is 10.2 Å². The van der Waals surface area contributed by atoms with Gasteiger partial charge in [0.15, 0.2) is 0 Å². The molecule has 0 unspecified atom stereocenters. The fourth-order valence-corrected chi connectivity index (χ4v) is 3.46. The van der Waals surface area contributed by atoms with Gasteiger partial charge >= 0.3 is 0 Å². The summed E-state index contributed by atoms with van der Waals surface area (Å²) in [6, 6.07) is 14.7. The summed E-state index contributed by atoms with van der Waals surface area (Å²) in [5.41, 5.74) is 1.27. The van der Waals surface area contributed by atoms with E-state index in [0.29, 0.717) is 29.1 Å². The van der Waals surface area contributed by atoms with E-state index in [2.05, 4.69) is 33.9 Å². The van der Waals surface area contributed by atoms with Gasteiger partial charge in [0.05, 0.1) is 5.56 Å². The molecule has 0 saturated carbocycles. The number of piperidine rings is 1. The van der Waals surface area contributed by atoms with E-state index in [1.165, 1.54) is 0 Å². The molecule has 130 valence electrons. The predicted octanol–water partition coefficient (Wildman–Crippen LogP) is 3.77. The molecule has 1 heterocycles. The van der Waals surface area contributed by atoms with Gasteiger partial charge in [-0.2, -0.15) is 0 Å². The van der Waals surface area contributed by atoms with Crippen molar-refractivity contribution in [1.82, 2.24) is 10.2 Å². The summed E-state index contributed by atoms with van der Waals surface area (Å²) in [5, 5.41) is 3.05. The van der Waals surface area contributed by atoms with Crippen molar-refractivity contribution in [2.75, 3.05) is 13.1 Å². The highest BCUT2D eigenvalue weighted by Gasteiger charge is 2.25. The van der Waals surface area contributed by atoms with E-state index < -0.39 is 0 Å². The Hall–Kier alpha value is -1.79. The van der Waals surface area contributed by atoms with Crippen LogP contribution >= 0.6 is 28.6 Å². The van der Waals surface area contributed by atoms with Gasteiger partial charge in [0.1, 0.15) is 0 Å². The van der Waals surface area contributed by atoms with E-state index in [1.807, 2.05) is 41.3 Å². The lowest BCUT2D eigenvalue weighted by Gasteiger charge is -2.32. The molecule has 3 rings (SSSR count). The van der Waals surface area contributed by atoms with Crippen LogP contribution in [0.4, 0.5) is 0 Å². The van der Waals surface area contributed by atoms with Gasteiger partial charge in [-0.1, -0.05) is 28.1 Å². The number of amides is 2. The van der Waals surface area contributed by atoms with Crippen LogP contribution in [0.1, 0.15) is 33.6 Å². The Kier molecular flexibility index (Phi) is 5.81. The summed E-state index contributed by atoms with van der Waals surface area (Å²) in [6.45, 7) is 1.28. The number of carbonyl (C=O) groups excluding carboxylic acids is 2. The van der Waals surface area contributed by atoms with Crippen molar-refractivity contribution >= 4 is 40.4 Å². The third-order valence-electron chi connectivity index (χ3n) is 4.36. The third kappa shape index (κ3) is 4.44. The van der Waals surface area contributed by atoms with Crippen LogP contribution in [-0.4, -0.2) is 35.8 Å². The minimum absolute atomic E-state index is 0.0398. The lowest BCUT2D eigenvalue weighted by Crippen LogP contribution is -2.46. The molecule has 2 amide bonds. The smallest absolute Gasteiger partial charge is 0.253 e. The molecule has 1 aliphatic heterocycles. The number of nitrogens with one attached hydrogen (secondary N) is 1. The Bertz CT molecular complexity index is 771. The molecule has 6 heteroatoms. The Morgan fingerprint density at radius 3 is 2.32 bits per heavy atom. The Morgan fingerprint density at radius 1 is 1.04 bits per heavy atom. The topological polar surface area (TPSA) is 49.4 Å². The molecule has 0 aliphatic carbocycles. The van der Waals surface area contributed by atoms with Crippen LogP contribution in [0.3, 0.4) is 0 Å². The molecule has 2 aromatic carbocycles. The molecule has 0 atom stereocenters. The van der Waals surface area contributed by atoms with E-state index in [9.17, 15) is 9.59 Å². The average molecular weight is 419 g/mol. The third-order valence-corrected chi connectivity index (χ3v) is 5.28. The van der Waals surface area contributed by atoms with Crippen LogP contribution in [0.15, 0.2) is 57.9 Å². The summed E-state index contributed by atoms with van der Waals surface area (Å²) >= 11 is 7.70. The van der Waals surface area contributed by atoms with Crippen molar-refractivity contribution in [2.45, 2.75) is 23.8 Å². The minimum atomic E-state index is -0.108. The van der Waals surface area contributed by atoms with Gasteiger partial charge in [-0.15, -0.1) is 12.6 Å². The molecule has 4 nitrogen and oxygen atoms in total. The maximum Gasteiger partial charge on any atom is 0.253 e. The monoisotopic (exact) mass is 418 g/mol. The van der Waals surface area contributed by atoms with Crippen molar-refractivity contribution in [3.8, 4) is 0 Å². The van der Waals surface area contributed by atoms with Crippen LogP contribution in [-0.2, 0) is 0 Å². The molecule has 25 heavy (non-hydrogen) atoms. The van der Waals surface area contributed by atoms with E-state index in [0.717, 1.165) is 17.3 Å². The zero-order valence-electron chi connectivity index (χ0n) is 13.6. The summed E-state index contributed by atoms with van der Waals surface area (Å²) in [5.74, 6) is -0.0683. The van der Waals surface area contributed by atoms with Crippen molar-refractivity contribution in [3.05, 3.63) is 64.1 Å². The van der Waals surface area contributed by atoms with E-state index in [-0.39, 0.29) is 17.9 Å². The first kappa shape index (κ1) is 18.0. The lowest BCUT2D eigenvalue weighted by atomic mass is 10.0. The van der Waals surface area contributed by atoms with Crippen molar-refractivity contribution < 1.29 is 9.59 Å². The molecular formula is C19H19BrN2O2S. The number of benzene rings is 2. The molecule has 1 aliphatic rings. The molecule has 0 radical (unpaired) electrons. The number of rotatable bonds is 3. The zero-order valence-corrected chi connectivity index (χ0v) is 16.1. The maximum absolute atomic E-state index is 12.5. The van der Waals surface area contributed by atoms with Crippen LogP contribution in [0.5, 0.6) is 0 Å². The largest absolute Gasteiger partial charge is 0.349 e. The van der Waals surface area contributed by atoms with E-state index in [1.54, 1.807) is 12.1 Å². The first-order valence-electron chi connectivity index (χ1n) is 8.18. The molecule has 0 bridgehead atoms. The summed E-state index contributed by atoms with van der Waals surface area (Å²) in [4.78, 5) is 27.4. The Morgan fingerprint density at radius 2 is 1.68 bits per heavy atom. The SMILES string of the molecule is O=C(NC1CCN(C(=O)c2ccc(Br)cc2)CC1)c1ccccc1S. The van der Waals surface area contributed by atoms with Crippen LogP contribution in [0.2, 0.25) is 0 Å². The summed E-state index contributed by atoms with van der Waals surface area (Å²) < 4.78 is 0.954. The highest BCUT2D eigenvalue weighted by Crippen LogP contribution is 2.18. The van der Waals surface area contributed by atoms with Crippen molar-refractivity contribution in [1.29, 1.82) is 0 Å². The van der Waals surface area contributed by atoms with Gasteiger partial charge in [-0.05, 0) is 49.2 Å². The quantitative estimate of drug-likeness (QED) is 0.745. The summed E-state index contributed by atoms with van der Waals surface area (Å²) in [7, 11) is 0. The number of hydrogen-bond donors (Lipinski definition) is 2. The predicted molar refractivity (Wildman–Crippen MR) is 104 cm³/mol. The van der Waals surface area contributed by atoms with Crippen LogP contribution in [0, 0.1) is 0 Å². The Balaban J connectivity index is 1.55. The van der Waals surface area contributed by atoms with E-state index in [4.69, 9.17) is 0 Å². The van der Waals surface area contributed by atoms with E-state index >= 15 is 0 Å². The number of likely N-dealkylation sites (tertiary alicyclic amines) is 1. The number of nitrogens with zero attached hydrogens (tertiary/aromatic N) is 1. The standard InChI is InChI=1S/C19H19BrN2O2S/c20-14-7-5-13(6-8-14)19(24)22-11-9-15(10-12-22)21-18(23)16-3-1-2-4-17(16)25/h1-8,15,25H,9-12H2,(H,21,23). The molecule has 1 saturated heterocycles. The van der Waals surface area contributed by atoms with Gasteiger partial charge in [0.25, 0.3) is 11.8 Å². The number of hydrogen-bond acceptors (Lipinski definition) is 3. The average Bonchev–Trinajstić information content (AvgIpc) is 2.63. The minimum Gasteiger partial charge on any atom is -0.349 e. The molecule has 1 fully saturated rings. The molecule has 1 N–H and O–H groups in total.